The Bertz CT molecular complexity index is 1310. The number of ether oxygens (including phenoxy) is 1. The summed E-state index contributed by atoms with van der Waals surface area (Å²) in [5, 5.41) is 3.39. The van der Waals surface area contributed by atoms with E-state index in [1.165, 1.54) is 4.57 Å². The highest BCUT2D eigenvalue weighted by atomic mass is 16.5. The van der Waals surface area contributed by atoms with Crippen LogP contribution in [0, 0.1) is 13.8 Å². The molecule has 3 aromatic heterocycles. The fraction of sp³-hybridized carbons (Fsp3) is 0.316. The minimum Gasteiger partial charge on any atom is -0.495 e. The van der Waals surface area contributed by atoms with Gasteiger partial charge in [-0.3, -0.25) is 18.7 Å². The monoisotopic (exact) mass is 382 g/mol. The van der Waals surface area contributed by atoms with E-state index in [1.54, 1.807) is 18.6 Å². The maximum atomic E-state index is 12.3. The van der Waals surface area contributed by atoms with E-state index in [0.29, 0.717) is 30.0 Å². The molecule has 0 radical (unpaired) electrons. The van der Waals surface area contributed by atoms with Crippen LogP contribution in [-0.4, -0.2) is 37.2 Å². The van der Waals surface area contributed by atoms with Crippen LogP contribution in [0.3, 0.4) is 0 Å². The summed E-state index contributed by atoms with van der Waals surface area (Å²) < 4.78 is 10.5. The molecule has 2 N–H and O–H groups in total. The zero-order chi connectivity index (χ0) is 20.0. The van der Waals surface area contributed by atoms with Crippen LogP contribution in [0.1, 0.15) is 11.3 Å². The molecule has 3 heterocycles. The predicted octanol–water partition coefficient (Wildman–Crippen LogP) is 1.41. The molecular formula is C19H22N6O3. The molecule has 28 heavy (non-hydrogen) atoms. The molecule has 0 bridgehead atoms. The van der Waals surface area contributed by atoms with Crippen LogP contribution < -0.4 is 21.3 Å². The van der Waals surface area contributed by atoms with E-state index in [2.05, 4.69) is 15.3 Å². The number of aryl methyl sites for hydroxylation is 3. The standard InChI is InChI=1S/C19H22N6O3/c1-11-5-6-14(28-4)13(9-11)20-7-8-24-12(2)10-25-15-16(21-18(24)25)23(3)19(27)22-17(15)26/h5-6,9-10,20H,7-8H2,1-4H3,(H,22,26,27). The number of nitrogens with one attached hydrogen (secondary N) is 2. The molecular weight excluding hydrogens is 360 g/mol. The molecule has 0 unspecified atom stereocenters. The molecule has 0 aliphatic rings. The van der Waals surface area contributed by atoms with E-state index in [1.807, 2.05) is 42.8 Å². The number of nitrogens with zero attached hydrogens (tertiary/aromatic N) is 4. The highest BCUT2D eigenvalue weighted by Crippen LogP contribution is 2.25. The third kappa shape index (κ3) is 2.75. The quantitative estimate of drug-likeness (QED) is 0.544. The van der Waals surface area contributed by atoms with Crippen molar-refractivity contribution < 1.29 is 4.74 Å². The number of anilines is 1. The number of methoxy groups -OCH3 is 1. The summed E-state index contributed by atoms with van der Waals surface area (Å²) in [7, 11) is 3.24. The minimum atomic E-state index is -0.477. The van der Waals surface area contributed by atoms with Crippen LogP contribution in [0.15, 0.2) is 34.0 Å². The van der Waals surface area contributed by atoms with Gasteiger partial charge < -0.3 is 14.6 Å². The number of hydrogen-bond donors (Lipinski definition) is 2. The van der Waals surface area contributed by atoms with E-state index in [4.69, 9.17) is 4.74 Å². The van der Waals surface area contributed by atoms with Gasteiger partial charge in [0.05, 0.1) is 12.8 Å². The Morgan fingerprint density at radius 1 is 1.25 bits per heavy atom. The van der Waals surface area contributed by atoms with E-state index < -0.39 is 11.2 Å². The number of benzene rings is 1. The van der Waals surface area contributed by atoms with Gasteiger partial charge in [0.2, 0.25) is 5.78 Å². The van der Waals surface area contributed by atoms with E-state index in [0.717, 1.165) is 22.7 Å². The Hall–Kier alpha value is -3.49. The summed E-state index contributed by atoms with van der Waals surface area (Å²) in [6.45, 7) is 5.27. The Labute approximate surface area is 160 Å². The van der Waals surface area contributed by atoms with Gasteiger partial charge in [0.15, 0.2) is 11.2 Å². The summed E-state index contributed by atoms with van der Waals surface area (Å²) in [5.41, 5.74) is 2.85. The molecule has 0 saturated heterocycles. The smallest absolute Gasteiger partial charge is 0.329 e. The molecule has 0 amide bonds. The molecule has 0 aliphatic carbocycles. The molecule has 0 fully saturated rings. The molecule has 9 nitrogen and oxygen atoms in total. The lowest BCUT2D eigenvalue weighted by Crippen LogP contribution is -2.28. The van der Waals surface area contributed by atoms with Crippen molar-refractivity contribution in [1.29, 1.82) is 0 Å². The Morgan fingerprint density at radius 3 is 2.79 bits per heavy atom. The van der Waals surface area contributed by atoms with Gasteiger partial charge >= 0.3 is 5.69 Å². The van der Waals surface area contributed by atoms with E-state index in [9.17, 15) is 9.59 Å². The first-order chi connectivity index (χ1) is 13.4. The van der Waals surface area contributed by atoms with Crippen LogP contribution >= 0.6 is 0 Å². The first-order valence-corrected chi connectivity index (χ1v) is 8.96. The molecule has 9 heteroatoms. The average Bonchev–Trinajstić information content (AvgIpc) is 3.16. The maximum absolute atomic E-state index is 12.3. The Morgan fingerprint density at radius 2 is 2.04 bits per heavy atom. The van der Waals surface area contributed by atoms with E-state index >= 15 is 0 Å². The number of aromatic amines is 1. The van der Waals surface area contributed by atoms with Crippen LogP contribution in [-0.2, 0) is 13.6 Å². The largest absolute Gasteiger partial charge is 0.495 e. The topological polar surface area (TPSA) is 98.4 Å². The summed E-state index contributed by atoms with van der Waals surface area (Å²) in [5.74, 6) is 1.41. The van der Waals surface area contributed by atoms with Gasteiger partial charge in [0.25, 0.3) is 5.56 Å². The van der Waals surface area contributed by atoms with Crippen LogP contribution in [0.5, 0.6) is 5.75 Å². The van der Waals surface area contributed by atoms with Gasteiger partial charge in [-0.2, -0.15) is 4.98 Å². The minimum absolute atomic E-state index is 0.366. The van der Waals surface area contributed by atoms with Crippen molar-refractivity contribution in [2.24, 2.45) is 7.05 Å². The van der Waals surface area contributed by atoms with Gasteiger partial charge in [0, 0.05) is 32.0 Å². The molecule has 1 aromatic carbocycles. The lowest BCUT2D eigenvalue weighted by atomic mass is 10.2. The molecule has 0 spiro atoms. The number of fused-ring (bicyclic) bond motifs is 3. The number of hydrogen-bond acceptors (Lipinski definition) is 5. The molecule has 4 aromatic rings. The highest BCUT2D eigenvalue weighted by molar-refractivity contribution is 5.75. The Kier molecular flexibility index (Phi) is 4.21. The summed E-state index contributed by atoms with van der Waals surface area (Å²) >= 11 is 0. The van der Waals surface area contributed by atoms with Gasteiger partial charge in [-0.05, 0) is 31.5 Å². The number of imidazole rings is 2. The predicted molar refractivity (Wildman–Crippen MR) is 108 cm³/mol. The van der Waals surface area contributed by atoms with Crippen molar-refractivity contribution in [3.8, 4) is 5.75 Å². The lowest BCUT2D eigenvalue weighted by molar-refractivity contribution is 0.416. The van der Waals surface area contributed by atoms with Crippen LogP contribution in [0.25, 0.3) is 16.9 Å². The maximum Gasteiger partial charge on any atom is 0.329 e. The van der Waals surface area contributed by atoms with Crippen LogP contribution in [0.2, 0.25) is 0 Å². The third-order valence-electron chi connectivity index (χ3n) is 4.92. The zero-order valence-corrected chi connectivity index (χ0v) is 16.2. The molecule has 0 saturated carbocycles. The normalized spacial score (nSPS) is 11.4. The second-order valence-electron chi connectivity index (χ2n) is 6.82. The number of aromatic nitrogens is 5. The lowest BCUT2D eigenvalue weighted by Gasteiger charge is -2.13. The van der Waals surface area contributed by atoms with Crippen molar-refractivity contribution >= 4 is 22.6 Å². The van der Waals surface area contributed by atoms with Gasteiger partial charge in [0.1, 0.15) is 5.75 Å². The third-order valence-corrected chi connectivity index (χ3v) is 4.92. The van der Waals surface area contributed by atoms with Crippen molar-refractivity contribution in [1.82, 2.24) is 23.5 Å². The molecule has 0 atom stereocenters. The average molecular weight is 382 g/mol. The number of H-pyrrole nitrogens is 1. The SMILES string of the molecule is COc1ccc(C)cc1NCCn1c(C)cn2c3c(=O)[nH]c(=O)n(C)c3nc12. The second kappa shape index (κ2) is 6.59. The fourth-order valence-electron chi connectivity index (χ4n) is 3.46. The van der Waals surface area contributed by atoms with Gasteiger partial charge in [-0.25, -0.2) is 4.79 Å². The van der Waals surface area contributed by atoms with Crippen molar-refractivity contribution in [2.45, 2.75) is 20.4 Å². The van der Waals surface area contributed by atoms with Gasteiger partial charge in [-0.15, -0.1) is 0 Å². The van der Waals surface area contributed by atoms with Crippen LogP contribution in [0.4, 0.5) is 5.69 Å². The number of rotatable bonds is 5. The summed E-state index contributed by atoms with van der Waals surface area (Å²) in [6.07, 6.45) is 1.86. The van der Waals surface area contributed by atoms with Crippen molar-refractivity contribution in [3.63, 3.8) is 0 Å². The fourth-order valence-corrected chi connectivity index (χ4v) is 3.46. The molecule has 0 aliphatic heterocycles. The Balaban J connectivity index is 1.69. The first kappa shape index (κ1) is 17.9. The van der Waals surface area contributed by atoms with Gasteiger partial charge in [-0.1, -0.05) is 6.07 Å². The summed E-state index contributed by atoms with van der Waals surface area (Å²) in [6, 6.07) is 5.97. The second-order valence-corrected chi connectivity index (χ2v) is 6.82. The zero-order valence-electron chi connectivity index (χ0n) is 16.2. The summed E-state index contributed by atoms with van der Waals surface area (Å²) in [4.78, 5) is 31.0. The van der Waals surface area contributed by atoms with E-state index in [-0.39, 0.29) is 0 Å². The van der Waals surface area contributed by atoms with Crippen molar-refractivity contribution in [2.75, 3.05) is 19.0 Å². The first-order valence-electron chi connectivity index (χ1n) is 8.96. The molecule has 4 rings (SSSR count). The molecule has 146 valence electrons. The van der Waals surface area contributed by atoms with Crippen molar-refractivity contribution in [3.05, 3.63) is 56.5 Å². The highest BCUT2D eigenvalue weighted by Gasteiger charge is 2.17.